The fraction of sp³-hybridized carbons (Fsp3) is 0.476. The number of rotatable bonds is 7. The van der Waals surface area contributed by atoms with Gasteiger partial charge in [-0.15, -0.1) is 11.3 Å². The van der Waals surface area contributed by atoms with E-state index in [1.165, 1.54) is 11.3 Å². The van der Waals surface area contributed by atoms with Gasteiger partial charge in [0, 0.05) is 24.2 Å². The normalized spacial score (nSPS) is 17.3. The van der Waals surface area contributed by atoms with E-state index in [-0.39, 0.29) is 24.2 Å². The van der Waals surface area contributed by atoms with E-state index in [2.05, 4.69) is 15.2 Å². The zero-order valence-corrected chi connectivity index (χ0v) is 17.3. The summed E-state index contributed by atoms with van der Waals surface area (Å²) in [6.45, 7) is 6.64. The molecule has 1 N–H and O–H groups in total. The summed E-state index contributed by atoms with van der Waals surface area (Å²) in [5.74, 6) is -0.212. The number of nitrogens with one attached hydrogen (secondary N) is 1. The van der Waals surface area contributed by atoms with E-state index in [1.807, 2.05) is 43.5 Å². The first kappa shape index (κ1) is 20.5. The molecule has 1 atom stereocenters. The van der Waals surface area contributed by atoms with Crippen molar-refractivity contribution in [1.29, 1.82) is 0 Å². The third kappa shape index (κ3) is 5.87. The van der Waals surface area contributed by atoms with Crippen molar-refractivity contribution < 1.29 is 14.3 Å². The molecule has 0 saturated carbocycles. The highest BCUT2D eigenvalue weighted by Crippen LogP contribution is 2.21. The number of hydrogen-bond acceptors (Lipinski definition) is 6. The van der Waals surface area contributed by atoms with Crippen molar-refractivity contribution in [1.82, 2.24) is 9.88 Å². The zero-order valence-electron chi connectivity index (χ0n) is 16.4. The van der Waals surface area contributed by atoms with Gasteiger partial charge in [-0.05, 0) is 45.4 Å². The van der Waals surface area contributed by atoms with Crippen LogP contribution in [-0.4, -0.2) is 41.5 Å². The molecular weight excluding hydrogens is 374 g/mol. The molecule has 150 valence electrons. The Hall–Kier alpha value is -2.25. The monoisotopic (exact) mass is 401 g/mol. The fourth-order valence-electron chi connectivity index (χ4n) is 3.36. The zero-order chi connectivity index (χ0) is 19.9. The fourth-order valence-corrected chi connectivity index (χ4v) is 4.15. The maximum absolute atomic E-state index is 12.2. The topological polar surface area (TPSA) is 71.5 Å². The van der Waals surface area contributed by atoms with Crippen molar-refractivity contribution in [2.24, 2.45) is 5.92 Å². The molecule has 0 aliphatic carbocycles. The van der Waals surface area contributed by atoms with E-state index in [9.17, 15) is 9.59 Å². The number of esters is 1. The van der Waals surface area contributed by atoms with E-state index in [1.54, 1.807) is 0 Å². The van der Waals surface area contributed by atoms with Crippen LogP contribution in [0.5, 0.6) is 0 Å². The second-order valence-corrected chi connectivity index (χ2v) is 8.09. The van der Waals surface area contributed by atoms with Crippen LogP contribution in [0.3, 0.4) is 0 Å². The Morgan fingerprint density at radius 2 is 2.11 bits per heavy atom. The first-order valence-corrected chi connectivity index (χ1v) is 10.6. The number of thiazole rings is 1. The number of benzene rings is 1. The average Bonchev–Trinajstić information content (AvgIpc) is 3.10. The highest BCUT2D eigenvalue weighted by molar-refractivity contribution is 7.09. The summed E-state index contributed by atoms with van der Waals surface area (Å²) in [6, 6.07) is 7.74. The van der Waals surface area contributed by atoms with Gasteiger partial charge >= 0.3 is 5.97 Å². The quantitative estimate of drug-likeness (QED) is 0.720. The van der Waals surface area contributed by atoms with Gasteiger partial charge in [0.25, 0.3) is 0 Å². The number of nitrogens with zero attached hydrogens (tertiary/aromatic N) is 2. The molecule has 1 saturated heterocycles. The molecule has 28 heavy (non-hydrogen) atoms. The van der Waals surface area contributed by atoms with Crippen LogP contribution in [0.4, 0.5) is 5.69 Å². The van der Waals surface area contributed by atoms with Gasteiger partial charge in [0.15, 0.2) is 0 Å². The van der Waals surface area contributed by atoms with Gasteiger partial charge in [0.1, 0.15) is 5.01 Å². The number of anilines is 1. The van der Waals surface area contributed by atoms with E-state index >= 15 is 0 Å². The van der Waals surface area contributed by atoms with Crippen molar-refractivity contribution in [2.75, 3.05) is 25.0 Å². The Morgan fingerprint density at radius 1 is 1.32 bits per heavy atom. The number of amides is 1. The minimum absolute atomic E-state index is 0.0490. The summed E-state index contributed by atoms with van der Waals surface area (Å²) in [6.07, 6.45) is 2.14. The lowest BCUT2D eigenvalue weighted by Gasteiger charge is -2.30. The van der Waals surface area contributed by atoms with Crippen LogP contribution in [0.15, 0.2) is 29.6 Å². The Morgan fingerprint density at radius 3 is 2.86 bits per heavy atom. The van der Waals surface area contributed by atoms with Crippen molar-refractivity contribution in [3.05, 3.63) is 45.9 Å². The van der Waals surface area contributed by atoms with Crippen LogP contribution < -0.4 is 5.32 Å². The van der Waals surface area contributed by atoms with Gasteiger partial charge in [-0.1, -0.05) is 17.7 Å². The number of ether oxygens (including phenoxy) is 1. The minimum atomic E-state index is -0.0982. The highest BCUT2D eigenvalue weighted by atomic mass is 32.1. The Labute approximate surface area is 169 Å². The van der Waals surface area contributed by atoms with Gasteiger partial charge < -0.3 is 10.1 Å². The number of aromatic nitrogens is 1. The van der Waals surface area contributed by atoms with Crippen LogP contribution in [0.2, 0.25) is 0 Å². The Balaban J connectivity index is 1.50. The summed E-state index contributed by atoms with van der Waals surface area (Å²) < 4.78 is 5.16. The molecule has 0 radical (unpaired) electrons. The third-order valence-electron chi connectivity index (χ3n) is 4.76. The van der Waals surface area contributed by atoms with Crippen molar-refractivity contribution in [2.45, 2.75) is 39.7 Å². The highest BCUT2D eigenvalue weighted by Gasteiger charge is 2.27. The lowest BCUT2D eigenvalue weighted by atomic mass is 9.98. The number of aryl methyl sites for hydroxylation is 1. The molecular formula is C21H27N3O3S. The van der Waals surface area contributed by atoms with Crippen molar-refractivity contribution >= 4 is 28.9 Å². The molecule has 3 rings (SSSR count). The summed E-state index contributed by atoms with van der Waals surface area (Å²) in [5.41, 5.74) is 2.91. The molecule has 1 aromatic heterocycles. The largest absolute Gasteiger partial charge is 0.466 e. The summed E-state index contributed by atoms with van der Waals surface area (Å²) >= 11 is 1.50. The van der Waals surface area contributed by atoms with E-state index < -0.39 is 0 Å². The molecule has 1 aromatic carbocycles. The third-order valence-corrected chi connectivity index (χ3v) is 5.66. The van der Waals surface area contributed by atoms with Gasteiger partial charge in [0.2, 0.25) is 5.91 Å². The number of piperidine rings is 1. The molecule has 1 aliphatic rings. The van der Waals surface area contributed by atoms with Gasteiger partial charge in [-0.25, -0.2) is 4.98 Å². The molecule has 2 heterocycles. The standard InChI is InChI=1S/C21H27N3O3S/c1-3-27-21(26)16-5-4-10-24(12-16)13-18-14-28-20(23-18)11-19(25)22-17-8-6-15(2)7-9-17/h6-9,14,16H,3-5,10-13H2,1-2H3,(H,22,25)/t16-/m0/s1. The van der Waals surface area contributed by atoms with Crippen LogP contribution in [0.25, 0.3) is 0 Å². The van der Waals surface area contributed by atoms with E-state index in [4.69, 9.17) is 4.74 Å². The van der Waals surface area contributed by atoms with Gasteiger partial charge in [-0.2, -0.15) is 0 Å². The number of likely N-dealkylation sites (tertiary alicyclic amines) is 1. The molecule has 1 aliphatic heterocycles. The lowest BCUT2D eigenvalue weighted by molar-refractivity contribution is -0.150. The molecule has 6 nitrogen and oxygen atoms in total. The number of carbonyl (C=O) groups excluding carboxylic acids is 2. The number of hydrogen-bond donors (Lipinski definition) is 1. The Bertz CT molecular complexity index is 803. The molecule has 1 amide bonds. The second kappa shape index (κ2) is 9.80. The first-order chi connectivity index (χ1) is 13.5. The summed E-state index contributed by atoms with van der Waals surface area (Å²) in [4.78, 5) is 31.1. The summed E-state index contributed by atoms with van der Waals surface area (Å²) in [5, 5.41) is 5.71. The maximum Gasteiger partial charge on any atom is 0.310 e. The first-order valence-electron chi connectivity index (χ1n) is 9.72. The van der Waals surface area contributed by atoms with Gasteiger partial charge in [-0.3, -0.25) is 14.5 Å². The smallest absolute Gasteiger partial charge is 0.310 e. The van der Waals surface area contributed by atoms with Crippen molar-refractivity contribution in [3.8, 4) is 0 Å². The minimum Gasteiger partial charge on any atom is -0.466 e. The molecule has 1 fully saturated rings. The Kier molecular flexibility index (Phi) is 7.17. The molecule has 0 bridgehead atoms. The van der Waals surface area contributed by atoms with Crippen LogP contribution in [-0.2, 0) is 27.3 Å². The van der Waals surface area contributed by atoms with Crippen LogP contribution in [0.1, 0.15) is 36.0 Å². The van der Waals surface area contributed by atoms with Crippen LogP contribution in [0, 0.1) is 12.8 Å². The lowest BCUT2D eigenvalue weighted by Crippen LogP contribution is -2.39. The van der Waals surface area contributed by atoms with Crippen molar-refractivity contribution in [3.63, 3.8) is 0 Å². The second-order valence-electron chi connectivity index (χ2n) is 7.15. The van der Waals surface area contributed by atoms with E-state index in [0.717, 1.165) is 41.3 Å². The van der Waals surface area contributed by atoms with Gasteiger partial charge in [0.05, 0.1) is 24.6 Å². The van der Waals surface area contributed by atoms with E-state index in [0.29, 0.717) is 19.7 Å². The molecule has 0 spiro atoms. The number of carbonyl (C=O) groups is 2. The molecule has 2 aromatic rings. The molecule has 0 unspecified atom stereocenters. The molecule has 7 heteroatoms. The predicted octanol–water partition coefficient (Wildman–Crippen LogP) is 3.41. The SMILES string of the molecule is CCOC(=O)[C@H]1CCCN(Cc2csc(CC(=O)Nc3ccc(C)cc3)n2)C1. The van der Waals surface area contributed by atoms with Crippen LogP contribution >= 0.6 is 11.3 Å². The average molecular weight is 402 g/mol. The maximum atomic E-state index is 12.2. The summed E-state index contributed by atoms with van der Waals surface area (Å²) in [7, 11) is 0. The predicted molar refractivity (Wildman–Crippen MR) is 110 cm³/mol.